The number of nitrogen functional groups attached to an aromatic ring is 1. The summed E-state index contributed by atoms with van der Waals surface area (Å²) in [6.45, 7) is -0.618. The van der Waals surface area contributed by atoms with E-state index in [-0.39, 0.29) is 17.0 Å². The third-order valence-electron chi connectivity index (χ3n) is 3.33. The molecule has 0 bridgehead atoms. The Kier molecular flexibility index (Phi) is 4.84. The molecule has 2 rings (SSSR count). The van der Waals surface area contributed by atoms with Crippen LogP contribution in [0.25, 0.3) is 0 Å². The van der Waals surface area contributed by atoms with Crippen molar-refractivity contribution in [3.05, 3.63) is 23.8 Å². The van der Waals surface area contributed by atoms with Gasteiger partial charge in [0.05, 0.1) is 6.61 Å². The second-order valence-electron chi connectivity index (χ2n) is 4.88. The van der Waals surface area contributed by atoms with Crippen LogP contribution in [0.1, 0.15) is 10.4 Å². The van der Waals surface area contributed by atoms with Crippen LogP contribution in [0.2, 0.25) is 0 Å². The quantitative estimate of drug-likeness (QED) is 0.350. The van der Waals surface area contributed by atoms with Crippen LogP contribution in [0.5, 0.6) is 5.75 Å². The molecule has 9 nitrogen and oxygen atoms in total. The van der Waals surface area contributed by atoms with E-state index < -0.39 is 43.3 Å². The lowest BCUT2D eigenvalue weighted by Crippen LogP contribution is -2.60. The minimum Gasteiger partial charge on any atom is -0.478 e. The van der Waals surface area contributed by atoms with Crippen LogP contribution < -0.4 is 10.5 Å². The molecule has 22 heavy (non-hydrogen) atoms. The summed E-state index contributed by atoms with van der Waals surface area (Å²) in [7, 11) is 0. The molecule has 0 aromatic heterocycles. The average molecular weight is 315 g/mol. The van der Waals surface area contributed by atoms with Gasteiger partial charge in [-0.15, -0.1) is 0 Å². The highest BCUT2D eigenvalue weighted by atomic mass is 16.7. The maximum absolute atomic E-state index is 11.1. The largest absolute Gasteiger partial charge is 0.478 e. The molecule has 7 N–H and O–H groups in total. The first kappa shape index (κ1) is 16.5. The Morgan fingerprint density at radius 1 is 1.23 bits per heavy atom. The number of rotatable bonds is 4. The van der Waals surface area contributed by atoms with Gasteiger partial charge in [-0.25, -0.2) is 4.79 Å². The highest BCUT2D eigenvalue weighted by Gasteiger charge is 2.45. The molecule has 1 saturated heterocycles. The SMILES string of the molecule is Nc1ccc(C(=O)O)c(O[C@@H]2O[C@H](CO)[C@@H](O)[C@H](O)[C@H]2O)c1. The summed E-state index contributed by atoms with van der Waals surface area (Å²) >= 11 is 0. The fraction of sp³-hybridized carbons (Fsp3) is 0.462. The number of hydrogen-bond donors (Lipinski definition) is 6. The van der Waals surface area contributed by atoms with Gasteiger partial charge in [0.1, 0.15) is 35.7 Å². The van der Waals surface area contributed by atoms with E-state index in [0.717, 1.165) is 0 Å². The third-order valence-corrected chi connectivity index (χ3v) is 3.33. The van der Waals surface area contributed by atoms with Gasteiger partial charge < -0.3 is 40.7 Å². The van der Waals surface area contributed by atoms with Crippen LogP contribution in [0, 0.1) is 0 Å². The number of carboxylic acid groups (broad SMARTS) is 1. The molecule has 0 saturated carbocycles. The number of aliphatic hydroxyl groups is 4. The second-order valence-corrected chi connectivity index (χ2v) is 4.88. The van der Waals surface area contributed by atoms with Crippen molar-refractivity contribution in [2.45, 2.75) is 30.7 Å². The summed E-state index contributed by atoms with van der Waals surface area (Å²) in [6, 6.07) is 3.81. The lowest BCUT2D eigenvalue weighted by molar-refractivity contribution is -0.277. The fourth-order valence-corrected chi connectivity index (χ4v) is 2.10. The molecule has 5 atom stereocenters. The molecule has 0 radical (unpaired) electrons. The summed E-state index contributed by atoms with van der Waals surface area (Å²) < 4.78 is 10.4. The smallest absolute Gasteiger partial charge is 0.339 e. The molecular weight excluding hydrogens is 298 g/mol. The molecular formula is C13H17NO8. The van der Waals surface area contributed by atoms with E-state index in [4.69, 9.17) is 25.4 Å². The normalized spacial score (nSPS) is 31.7. The maximum Gasteiger partial charge on any atom is 0.339 e. The van der Waals surface area contributed by atoms with Crippen LogP contribution in [0.3, 0.4) is 0 Å². The van der Waals surface area contributed by atoms with Crippen molar-refractivity contribution in [2.24, 2.45) is 0 Å². The van der Waals surface area contributed by atoms with Crippen LogP contribution in [0.15, 0.2) is 18.2 Å². The van der Waals surface area contributed by atoms with E-state index in [1.165, 1.54) is 18.2 Å². The molecule has 1 aromatic rings. The van der Waals surface area contributed by atoms with Crippen molar-refractivity contribution >= 4 is 11.7 Å². The Balaban J connectivity index is 2.26. The van der Waals surface area contributed by atoms with Gasteiger partial charge >= 0.3 is 5.97 Å². The lowest BCUT2D eigenvalue weighted by atomic mass is 9.99. The Morgan fingerprint density at radius 3 is 2.50 bits per heavy atom. The van der Waals surface area contributed by atoms with Crippen LogP contribution in [-0.4, -0.2) is 68.8 Å². The van der Waals surface area contributed by atoms with E-state index >= 15 is 0 Å². The number of hydrogen-bond acceptors (Lipinski definition) is 8. The monoisotopic (exact) mass is 315 g/mol. The molecule has 1 heterocycles. The predicted molar refractivity (Wildman–Crippen MR) is 72.2 cm³/mol. The second kappa shape index (κ2) is 6.46. The fourth-order valence-electron chi connectivity index (χ4n) is 2.10. The van der Waals surface area contributed by atoms with Gasteiger partial charge in [-0.1, -0.05) is 0 Å². The van der Waals surface area contributed by atoms with Gasteiger partial charge in [0.25, 0.3) is 0 Å². The Bertz CT molecular complexity index is 549. The van der Waals surface area contributed by atoms with E-state index in [1.807, 2.05) is 0 Å². The molecule has 9 heteroatoms. The number of nitrogens with two attached hydrogens (primary N) is 1. The van der Waals surface area contributed by atoms with Gasteiger partial charge in [-0.3, -0.25) is 0 Å². The van der Waals surface area contributed by atoms with Gasteiger partial charge in [0.2, 0.25) is 6.29 Å². The average Bonchev–Trinajstić information content (AvgIpc) is 2.47. The van der Waals surface area contributed by atoms with Gasteiger partial charge in [0.15, 0.2) is 0 Å². The van der Waals surface area contributed by atoms with Crippen molar-refractivity contribution in [1.82, 2.24) is 0 Å². The highest BCUT2D eigenvalue weighted by molar-refractivity contribution is 5.91. The molecule has 1 aromatic carbocycles. The molecule has 1 fully saturated rings. The molecule has 122 valence electrons. The summed E-state index contributed by atoms with van der Waals surface area (Å²) in [6.07, 6.45) is -7.42. The number of anilines is 1. The van der Waals surface area contributed by atoms with Crippen molar-refractivity contribution in [3.63, 3.8) is 0 Å². The Hall–Kier alpha value is -1.91. The van der Waals surface area contributed by atoms with Gasteiger partial charge in [-0.05, 0) is 12.1 Å². The van der Waals surface area contributed by atoms with E-state index in [9.17, 15) is 20.1 Å². The van der Waals surface area contributed by atoms with Gasteiger partial charge in [-0.2, -0.15) is 0 Å². The zero-order chi connectivity index (χ0) is 16.4. The van der Waals surface area contributed by atoms with Crippen molar-refractivity contribution in [3.8, 4) is 5.75 Å². The molecule has 0 aliphatic carbocycles. The predicted octanol–water partition coefficient (Wildman–Crippen LogP) is -1.85. The Morgan fingerprint density at radius 2 is 1.91 bits per heavy atom. The summed E-state index contributed by atoms with van der Waals surface area (Å²) in [5.41, 5.74) is 5.57. The van der Waals surface area contributed by atoms with Crippen LogP contribution >= 0.6 is 0 Å². The summed E-state index contributed by atoms with van der Waals surface area (Å²) in [5, 5.41) is 47.4. The molecule has 1 aliphatic rings. The first-order chi connectivity index (χ1) is 10.3. The van der Waals surface area contributed by atoms with Crippen LogP contribution in [-0.2, 0) is 4.74 Å². The third kappa shape index (κ3) is 3.13. The van der Waals surface area contributed by atoms with Crippen molar-refractivity contribution in [1.29, 1.82) is 0 Å². The summed E-state index contributed by atoms with van der Waals surface area (Å²) in [4.78, 5) is 11.1. The van der Waals surface area contributed by atoms with Crippen molar-refractivity contribution < 1.29 is 39.8 Å². The Labute approximate surface area is 125 Å². The van der Waals surface area contributed by atoms with E-state index in [1.54, 1.807) is 0 Å². The van der Waals surface area contributed by atoms with Crippen LogP contribution in [0.4, 0.5) is 5.69 Å². The first-order valence-electron chi connectivity index (χ1n) is 6.45. The molecule has 0 amide bonds. The molecule has 1 aliphatic heterocycles. The minimum absolute atomic E-state index is 0.170. The molecule has 0 unspecified atom stereocenters. The molecule has 0 spiro atoms. The number of carbonyl (C=O) groups is 1. The highest BCUT2D eigenvalue weighted by Crippen LogP contribution is 2.28. The van der Waals surface area contributed by atoms with E-state index in [0.29, 0.717) is 0 Å². The zero-order valence-electron chi connectivity index (χ0n) is 11.4. The zero-order valence-corrected chi connectivity index (χ0v) is 11.4. The van der Waals surface area contributed by atoms with Crippen molar-refractivity contribution in [2.75, 3.05) is 12.3 Å². The maximum atomic E-state index is 11.1. The van der Waals surface area contributed by atoms with E-state index in [2.05, 4.69) is 0 Å². The topological polar surface area (TPSA) is 163 Å². The summed E-state index contributed by atoms with van der Waals surface area (Å²) in [5.74, 6) is -1.45. The number of ether oxygens (including phenoxy) is 2. The van der Waals surface area contributed by atoms with Gasteiger partial charge in [0, 0.05) is 11.8 Å². The number of carboxylic acids is 1. The lowest BCUT2D eigenvalue weighted by Gasteiger charge is -2.39. The first-order valence-corrected chi connectivity index (χ1v) is 6.45. The standard InChI is InChI=1S/C13H17NO8/c14-5-1-2-6(12(19)20)7(3-5)21-13-11(18)10(17)9(16)8(4-15)22-13/h1-3,8-11,13,15-18H,4,14H2,(H,19,20)/t8-,9-,10+,11-,13-/m1/s1. The number of aromatic carboxylic acids is 1. The number of benzene rings is 1. The number of aliphatic hydroxyl groups excluding tert-OH is 4. The minimum atomic E-state index is -1.64.